The molecule has 0 aromatic rings. The van der Waals surface area contributed by atoms with Gasteiger partial charge in [0.2, 0.25) is 5.71 Å². The first-order valence-electron chi connectivity index (χ1n) is 2.87. The SMILES string of the molecule is CC1=[N+](C)NN(C)C1S. The average molecular weight is 146 g/mol. The number of hydrogen-bond donors (Lipinski definition) is 2. The van der Waals surface area contributed by atoms with Crippen LogP contribution in [-0.2, 0) is 0 Å². The highest BCUT2D eigenvalue weighted by Crippen LogP contribution is 2.05. The van der Waals surface area contributed by atoms with Crippen LogP contribution in [-0.4, -0.2) is 34.9 Å². The quantitative estimate of drug-likeness (QED) is 0.361. The summed E-state index contributed by atoms with van der Waals surface area (Å²) >= 11 is 4.33. The summed E-state index contributed by atoms with van der Waals surface area (Å²) in [6, 6.07) is 0. The van der Waals surface area contributed by atoms with E-state index < -0.39 is 0 Å². The topological polar surface area (TPSA) is 18.3 Å². The molecule has 52 valence electrons. The molecule has 0 amide bonds. The minimum atomic E-state index is 0.218. The zero-order valence-electron chi connectivity index (χ0n) is 5.92. The van der Waals surface area contributed by atoms with E-state index in [1.807, 2.05) is 30.7 Å². The van der Waals surface area contributed by atoms with Crippen molar-refractivity contribution in [3.63, 3.8) is 0 Å². The zero-order chi connectivity index (χ0) is 7.02. The van der Waals surface area contributed by atoms with Crippen LogP contribution < -0.4 is 5.53 Å². The number of hydrazine groups is 2. The van der Waals surface area contributed by atoms with Crippen LogP contribution in [0, 0.1) is 0 Å². The van der Waals surface area contributed by atoms with Crippen molar-refractivity contribution < 1.29 is 4.68 Å². The average Bonchev–Trinajstić information content (AvgIpc) is 1.98. The normalized spacial score (nSPS) is 29.1. The summed E-state index contributed by atoms with van der Waals surface area (Å²) in [6.07, 6.45) is 0. The lowest BCUT2D eigenvalue weighted by molar-refractivity contribution is -0.576. The van der Waals surface area contributed by atoms with Crippen LogP contribution in [0.25, 0.3) is 0 Å². The maximum absolute atomic E-state index is 4.33. The van der Waals surface area contributed by atoms with E-state index in [0.717, 1.165) is 0 Å². The molecule has 0 aromatic carbocycles. The van der Waals surface area contributed by atoms with Gasteiger partial charge in [-0.25, -0.2) is 0 Å². The molecule has 0 fully saturated rings. The summed E-state index contributed by atoms with van der Waals surface area (Å²) in [4.78, 5) is 0. The largest absolute Gasteiger partial charge is 0.209 e. The molecule has 1 N–H and O–H groups in total. The summed E-state index contributed by atoms with van der Waals surface area (Å²) in [7, 11) is 3.94. The summed E-state index contributed by atoms with van der Waals surface area (Å²) in [5, 5.41) is 2.16. The van der Waals surface area contributed by atoms with Crippen molar-refractivity contribution in [2.75, 3.05) is 14.1 Å². The molecule has 9 heavy (non-hydrogen) atoms. The number of nitrogens with zero attached hydrogens (tertiary/aromatic N) is 2. The predicted octanol–water partition coefficient (Wildman–Crippen LogP) is -0.289. The second kappa shape index (κ2) is 2.19. The van der Waals surface area contributed by atoms with E-state index in [-0.39, 0.29) is 5.37 Å². The standard InChI is InChI=1S/C5H11N3S/c1-4-5(9)8(3)6-7(4)2/h5-6H,1-3H3/p+1. The fraction of sp³-hybridized carbons (Fsp3) is 0.800. The van der Waals surface area contributed by atoms with Gasteiger partial charge in [0.1, 0.15) is 0 Å². The van der Waals surface area contributed by atoms with Crippen LogP contribution in [0.1, 0.15) is 6.92 Å². The first-order chi connectivity index (χ1) is 4.13. The second-order valence-corrected chi connectivity index (χ2v) is 2.77. The molecule has 0 aliphatic carbocycles. The summed E-state index contributed by atoms with van der Waals surface area (Å²) in [5.74, 6) is 0. The predicted molar refractivity (Wildman–Crippen MR) is 40.5 cm³/mol. The third-order valence-corrected chi connectivity index (χ3v) is 2.30. The molecule has 0 radical (unpaired) electrons. The third-order valence-electron chi connectivity index (χ3n) is 1.58. The Morgan fingerprint density at radius 1 is 1.78 bits per heavy atom. The Balaban J connectivity index is 2.74. The third kappa shape index (κ3) is 1.04. The lowest BCUT2D eigenvalue weighted by atomic mass is 10.4. The maximum Gasteiger partial charge on any atom is 0.209 e. The minimum absolute atomic E-state index is 0.218. The lowest BCUT2D eigenvalue weighted by Crippen LogP contribution is -2.35. The van der Waals surface area contributed by atoms with Crippen molar-refractivity contribution in [2.24, 2.45) is 0 Å². The number of hydrazone groups is 1. The van der Waals surface area contributed by atoms with Crippen LogP contribution in [0.3, 0.4) is 0 Å². The molecule has 4 heteroatoms. The van der Waals surface area contributed by atoms with Gasteiger partial charge in [-0.3, -0.25) is 0 Å². The molecule has 0 spiro atoms. The van der Waals surface area contributed by atoms with E-state index in [2.05, 4.69) is 18.2 Å². The van der Waals surface area contributed by atoms with Crippen molar-refractivity contribution in [1.82, 2.24) is 10.5 Å². The molecule has 0 aromatic heterocycles. The second-order valence-electron chi connectivity index (χ2n) is 2.28. The zero-order valence-corrected chi connectivity index (χ0v) is 6.81. The minimum Gasteiger partial charge on any atom is -0.154 e. The summed E-state index contributed by atoms with van der Waals surface area (Å²) < 4.78 is 1.96. The van der Waals surface area contributed by atoms with Crippen LogP contribution in [0.4, 0.5) is 0 Å². The van der Waals surface area contributed by atoms with Gasteiger partial charge in [0.25, 0.3) is 0 Å². The van der Waals surface area contributed by atoms with E-state index >= 15 is 0 Å². The van der Waals surface area contributed by atoms with E-state index in [9.17, 15) is 0 Å². The summed E-state index contributed by atoms with van der Waals surface area (Å²) in [6.45, 7) is 2.05. The van der Waals surface area contributed by atoms with E-state index in [0.29, 0.717) is 0 Å². The molecular formula is C5H12N3S+. The fourth-order valence-electron chi connectivity index (χ4n) is 0.824. The Morgan fingerprint density at radius 2 is 2.33 bits per heavy atom. The van der Waals surface area contributed by atoms with Crippen LogP contribution in [0.2, 0.25) is 0 Å². The maximum atomic E-state index is 4.33. The summed E-state index contributed by atoms with van der Waals surface area (Å²) in [5.41, 5.74) is 4.29. The highest BCUT2D eigenvalue weighted by atomic mass is 32.1. The van der Waals surface area contributed by atoms with Gasteiger partial charge in [-0.05, 0) is 0 Å². The van der Waals surface area contributed by atoms with Crippen LogP contribution in [0.15, 0.2) is 0 Å². The van der Waals surface area contributed by atoms with E-state index in [4.69, 9.17) is 0 Å². The van der Waals surface area contributed by atoms with Crippen LogP contribution in [0.5, 0.6) is 0 Å². The Hall–Kier alpha value is -0.220. The van der Waals surface area contributed by atoms with Crippen molar-refractivity contribution in [3.8, 4) is 0 Å². The Kier molecular flexibility index (Phi) is 1.68. The molecule has 1 atom stereocenters. The Bertz CT molecular complexity index is 154. The molecular weight excluding hydrogens is 134 g/mol. The van der Waals surface area contributed by atoms with E-state index in [1.54, 1.807) is 0 Å². The van der Waals surface area contributed by atoms with Crippen molar-refractivity contribution in [3.05, 3.63) is 0 Å². The molecule has 0 bridgehead atoms. The van der Waals surface area contributed by atoms with Gasteiger partial charge in [0.15, 0.2) is 12.4 Å². The molecule has 1 aliphatic rings. The van der Waals surface area contributed by atoms with Crippen LogP contribution >= 0.6 is 12.6 Å². The number of thiol groups is 1. The molecule has 3 nitrogen and oxygen atoms in total. The Labute approximate surface area is 60.7 Å². The fourth-order valence-corrected chi connectivity index (χ4v) is 1.05. The smallest absolute Gasteiger partial charge is 0.154 e. The van der Waals surface area contributed by atoms with Gasteiger partial charge in [-0.1, -0.05) is 0 Å². The van der Waals surface area contributed by atoms with Crippen molar-refractivity contribution in [1.29, 1.82) is 0 Å². The van der Waals surface area contributed by atoms with Gasteiger partial charge in [-0.15, -0.1) is 22.8 Å². The first-order valence-corrected chi connectivity index (χ1v) is 3.39. The molecule has 1 heterocycles. The lowest BCUT2D eigenvalue weighted by Gasteiger charge is -2.07. The van der Waals surface area contributed by atoms with Crippen molar-refractivity contribution >= 4 is 18.3 Å². The molecule has 1 aliphatic heterocycles. The van der Waals surface area contributed by atoms with Gasteiger partial charge in [0, 0.05) is 14.0 Å². The molecule has 0 saturated carbocycles. The number of hydrogen-bond acceptors (Lipinski definition) is 3. The molecule has 0 saturated heterocycles. The highest BCUT2D eigenvalue weighted by molar-refractivity contribution is 7.81. The van der Waals surface area contributed by atoms with Gasteiger partial charge in [-0.2, -0.15) is 5.01 Å². The number of nitrogens with one attached hydrogen (secondary N) is 1. The molecule has 1 rings (SSSR count). The number of rotatable bonds is 0. The van der Waals surface area contributed by atoms with Crippen molar-refractivity contribution in [2.45, 2.75) is 12.3 Å². The van der Waals surface area contributed by atoms with Gasteiger partial charge in [0.05, 0.1) is 0 Å². The highest BCUT2D eigenvalue weighted by Gasteiger charge is 2.28. The van der Waals surface area contributed by atoms with Gasteiger partial charge < -0.3 is 0 Å². The Morgan fingerprint density at radius 3 is 2.44 bits per heavy atom. The monoisotopic (exact) mass is 146 g/mol. The van der Waals surface area contributed by atoms with Gasteiger partial charge >= 0.3 is 0 Å². The first kappa shape index (κ1) is 6.89. The molecule has 1 unspecified atom stereocenters. The van der Waals surface area contributed by atoms with E-state index in [1.165, 1.54) is 5.71 Å².